The largest absolute Gasteiger partial charge is 0.462 e. The summed E-state index contributed by atoms with van der Waals surface area (Å²) in [5.74, 6) is 0.908. The van der Waals surface area contributed by atoms with Crippen LogP contribution in [0.15, 0.2) is 40.3 Å². The highest BCUT2D eigenvalue weighted by atomic mass is 32.2. The summed E-state index contributed by atoms with van der Waals surface area (Å²) >= 11 is 2.66. The van der Waals surface area contributed by atoms with E-state index in [9.17, 15) is 9.59 Å². The van der Waals surface area contributed by atoms with Crippen molar-refractivity contribution in [3.8, 4) is 0 Å². The van der Waals surface area contributed by atoms with Crippen molar-refractivity contribution in [2.45, 2.75) is 44.6 Å². The number of nitrogens with zero attached hydrogens (tertiary/aromatic N) is 4. The number of aryl methyl sites for hydroxylation is 2. The van der Waals surface area contributed by atoms with E-state index in [0.29, 0.717) is 33.0 Å². The fraction of sp³-hybridized carbons (Fsp3) is 0.318. The van der Waals surface area contributed by atoms with Crippen molar-refractivity contribution >= 4 is 39.3 Å². The molecule has 4 rings (SSSR count). The Labute approximate surface area is 193 Å². The zero-order chi connectivity index (χ0) is 22.8. The first-order chi connectivity index (χ1) is 15.4. The van der Waals surface area contributed by atoms with Crippen molar-refractivity contribution in [2.75, 3.05) is 6.61 Å². The summed E-state index contributed by atoms with van der Waals surface area (Å²) in [5.41, 5.74) is 1.49. The molecule has 1 N–H and O–H groups in total. The zero-order valence-corrected chi connectivity index (χ0v) is 19.8. The molecule has 1 atom stereocenters. The summed E-state index contributed by atoms with van der Waals surface area (Å²) in [6, 6.07) is 10.1. The first-order valence-corrected chi connectivity index (χ1v) is 11.9. The van der Waals surface area contributed by atoms with Gasteiger partial charge in [-0.25, -0.2) is 9.78 Å². The van der Waals surface area contributed by atoms with E-state index in [1.807, 2.05) is 36.6 Å². The molecule has 0 aliphatic heterocycles. The average Bonchev–Trinajstić information content (AvgIpc) is 3.29. The van der Waals surface area contributed by atoms with Crippen molar-refractivity contribution in [3.05, 3.63) is 68.3 Å². The first kappa shape index (κ1) is 22.2. The summed E-state index contributed by atoms with van der Waals surface area (Å²) in [7, 11) is 0. The van der Waals surface area contributed by atoms with E-state index in [-0.39, 0.29) is 17.4 Å². The molecule has 0 aliphatic rings. The van der Waals surface area contributed by atoms with Crippen LogP contribution >= 0.6 is 23.1 Å². The molecule has 4 aromatic rings. The number of aromatic nitrogens is 5. The highest BCUT2D eigenvalue weighted by molar-refractivity contribution is 7.99. The minimum Gasteiger partial charge on any atom is -0.462 e. The molecule has 1 unspecified atom stereocenters. The van der Waals surface area contributed by atoms with Crippen LogP contribution in [0.5, 0.6) is 0 Å². The Morgan fingerprint density at radius 1 is 1.25 bits per heavy atom. The van der Waals surface area contributed by atoms with E-state index < -0.39 is 5.97 Å². The first-order valence-electron chi connectivity index (χ1n) is 10.2. The van der Waals surface area contributed by atoms with Gasteiger partial charge in [-0.15, -0.1) is 21.5 Å². The Kier molecular flexibility index (Phi) is 6.43. The lowest BCUT2D eigenvalue weighted by molar-refractivity contribution is 0.0531. The van der Waals surface area contributed by atoms with Crippen molar-refractivity contribution < 1.29 is 9.53 Å². The molecule has 0 saturated carbocycles. The van der Waals surface area contributed by atoms with Gasteiger partial charge in [0, 0.05) is 0 Å². The maximum Gasteiger partial charge on any atom is 0.348 e. The lowest BCUT2D eigenvalue weighted by Gasteiger charge is -2.12. The van der Waals surface area contributed by atoms with Crippen molar-refractivity contribution in [3.63, 3.8) is 0 Å². The molecule has 0 bridgehead atoms. The minimum absolute atomic E-state index is 0.182. The monoisotopic (exact) mass is 469 g/mol. The third-order valence-corrected chi connectivity index (χ3v) is 7.29. The molecule has 166 valence electrons. The fourth-order valence-corrected chi connectivity index (χ4v) is 5.39. The summed E-state index contributed by atoms with van der Waals surface area (Å²) in [6.07, 6.45) is 0. The average molecular weight is 470 g/mol. The van der Waals surface area contributed by atoms with Gasteiger partial charge in [0.05, 0.1) is 23.8 Å². The topological polar surface area (TPSA) is 103 Å². The van der Waals surface area contributed by atoms with Crippen LogP contribution in [0.3, 0.4) is 0 Å². The van der Waals surface area contributed by atoms with Gasteiger partial charge in [-0.1, -0.05) is 42.1 Å². The smallest absolute Gasteiger partial charge is 0.348 e. The molecule has 3 aromatic heterocycles. The van der Waals surface area contributed by atoms with Gasteiger partial charge in [-0.3, -0.25) is 4.79 Å². The molecule has 0 fully saturated rings. The Balaban J connectivity index is 1.63. The van der Waals surface area contributed by atoms with Crippen LogP contribution in [0.1, 0.15) is 51.5 Å². The van der Waals surface area contributed by atoms with Crippen molar-refractivity contribution in [2.24, 2.45) is 0 Å². The quantitative estimate of drug-likeness (QED) is 0.318. The number of thiophene rings is 1. The molecular formula is C22H23N5O3S2. The lowest BCUT2D eigenvalue weighted by atomic mass is 10.2. The third kappa shape index (κ3) is 4.33. The summed E-state index contributed by atoms with van der Waals surface area (Å²) in [4.78, 5) is 33.5. The standard InChI is InChI=1S/C22H23N5O3S2/c1-5-30-21(29)17-12(2)16-19(28)23-18(24-20(16)32-17)13(3)31-22-26-25-14(4)27(22)11-15-9-7-6-8-10-15/h6-10,13H,5,11H2,1-4H3,(H,23,24,28). The predicted molar refractivity (Wildman–Crippen MR) is 126 cm³/mol. The number of hydrogen-bond donors (Lipinski definition) is 1. The number of carbonyl (C=O) groups is 1. The number of esters is 1. The summed E-state index contributed by atoms with van der Waals surface area (Å²) < 4.78 is 7.15. The normalized spacial score (nSPS) is 12.2. The van der Waals surface area contributed by atoms with Crippen LogP contribution in [-0.2, 0) is 11.3 Å². The molecule has 3 heterocycles. The van der Waals surface area contributed by atoms with Gasteiger partial charge in [0.25, 0.3) is 5.56 Å². The second-order valence-corrected chi connectivity index (χ2v) is 9.58. The van der Waals surface area contributed by atoms with E-state index in [4.69, 9.17) is 4.74 Å². The second kappa shape index (κ2) is 9.25. The van der Waals surface area contributed by atoms with E-state index in [1.54, 1.807) is 13.8 Å². The Bertz CT molecular complexity index is 1330. The van der Waals surface area contributed by atoms with Gasteiger partial charge in [-0.2, -0.15) is 0 Å². The van der Waals surface area contributed by atoms with Gasteiger partial charge in [-0.05, 0) is 38.8 Å². The van der Waals surface area contributed by atoms with E-state index >= 15 is 0 Å². The number of carbonyl (C=O) groups excluding carboxylic acids is 1. The van der Waals surface area contributed by atoms with E-state index in [2.05, 4.69) is 32.3 Å². The van der Waals surface area contributed by atoms with Crippen LogP contribution < -0.4 is 5.56 Å². The summed E-state index contributed by atoms with van der Waals surface area (Å²) in [5, 5.41) is 9.55. The van der Waals surface area contributed by atoms with Crippen LogP contribution in [-0.4, -0.2) is 37.3 Å². The zero-order valence-electron chi connectivity index (χ0n) is 18.2. The maximum atomic E-state index is 12.8. The van der Waals surface area contributed by atoms with Gasteiger partial charge in [0.15, 0.2) is 5.16 Å². The molecule has 0 spiro atoms. The van der Waals surface area contributed by atoms with Crippen LogP contribution in [0, 0.1) is 13.8 Å². The Morgan fingerprint density at radius 3 is 2.72 bits per heavy atom. The molecule has 0 amide bonds. The molecule has 8 nitrogen and oxygen atoms in total. The number of thioether (sulfide) groups is 1. The van der Waals surface area contributed by atoms with Crippen LogP contribution in [0.2, 0.25) is 0 Å². The van der Waals surface area contributed by atoms with Crippen molar-refractivity contribution in [1.29, 1.82) is 0 Å². The number of hydrogen-bond acceptors (Lipinski definition) is 8. The number of benzene rings is 1. The Hall–Kier alpha value is -2.98. The van der Waals surface area contributed by atoms with Gasteiger partial charge in [0.2, 0.25) is 0 Å². The maximum absolute atomic E-state index is 12.8. The number of aromatic amines is 1. The highest BCUT2D eigenvalue weighted by Gasteiger charge is 2.22. The molecule has 0 saturated heterocycles. The lowest BCUT2D eigenvalue weighted by Crippen LogP contribution is -2.13. The molecule has 1 aromatic carbocycles. The number of H-pyrrole nitrogens is 1. The van der Waals surface area contributed by atoms with Crippen LogP contribution in [0.4, 0.5) is 0 Å². The molecule has 0 radical (unpaired) electrons. The number of nitrogens with one attached hydrogen (secondary N) is 1. The number of fused-ring (bicyclic) bond motifs is 1. The predicted octanol–water partition coefficient (Wildman–Crippen LogP) is 4.27. The fourth-order valence-electron chi connectivity index (χ4n) is 3.36. The molecule has 0 aliphatic carbocycles. The molecule has 32 heavy (non-hydrogen) atoms. The molecular weight excluding hydrogens is 446 g/mol. The SMILES string of the molecule is CCOC(=O)c1sc2nc(C(C)Sc3nnc(C)n3Cc3ccccc3)[nH]c(=O)c2c1C. The van der Waals surface area contributed by atoms with Gasteiger partial charge >= 0.3 is 5.97 Å². The third-order valence-electron chi connectivity index (χ3n) is 5.03. The summed E-state index contributed by atoms with van der Waals surface area (Å²) in [6.45, 7) is 8.30. The van der Waals surface area contributed by atoms with Crippen molar-refractivity contribution in [1.82, 2.24) is 24.7 Å². The van der Waals surface area contributed by atoms with Crippen LogP contribution in [0.25, 0.3) is 10.2 Å². The Morgan fingerprint density at radius 2 is 2.00 bits per heavy atom. The minimum atomic E-state index is -0.430. The highest BCUT2D eigenvalue weighted by Crippen LogP contribution is 2.34. The van der Waals surface area contributed by atoms with Gasteiger partial charge < -0.3 is 14.3 Å². The van der Waals surface area contributed by atoms with E-state index in [1.165, 1.54) is 23.1 Å². The molecule has 10 heteroatoms. The van der Waals surface area contributed by atoms with E-state index in [0.717, 1.165) is 16.5 Å². The second-order valence-electron chi connectivity index (χ2n) is 7.27. The number of ether oxygens (including phenoxy) is 1. The number of rotatable bonds is 7. The van der Waals surface area contributed by atoms with Gasteiger partial charge in [0.1, 0.15) is 21.4 Å².